The van der Waals surface area contributed by atoms with E-state index in [9.17, 15) is 0 Å². The van der Waals surface area contributed by atoms with Gasteiger partial charge in [-0.2, -0.15) is 0 Å². The molecule has 1 aromatic carbocycles. The van der Waals surface area contributed by atoms with Gasteiger partial charge in [0.15, 0.2) is 0 Å². The monoisotopic (exact) mass is 289 g/mol. The zero-order chi connectivity index (χ0) is 14.9. The summed E-state index contributed by atoms with van der Waals surface area (Å²) in [6, 6.07) is 9.11. The van der Waals surface area contributed by atoms with Crippen LogP contribution in [-0.4, -0.2) is 30.5 Å². The summed E-state index contributed by atoms with van der Waals surface area (Å²) in [5.41, 5.74) is 2.70. The van der Waals surface area contributed by atoms with Crippen LogP contribution in [0.25, 0.3) is 0 Å². The van der Waals surface area contributed by atoms with Gasteiger partial charge < -0.3 is 15.2 Å². The van der Waals surface area contributed by atoms with Crippen molar-refractivity contribution in [3.63, 3.8) is 0 Å². The van der Waals surface area contributed by atoms with E-state index in [2.05, 4.69) is 43.4 Å². The number of hydrogen-bond donors (Lipinski definition) is 2. The fraction of sp³-hybridized carbons (Fsp3) is 0.667. The number of nitrogens with one attached hydrogen (secondary N) is 1. The highest BCUT2D eigenvalue weighted by Crippen LogP contribution is 2.52. The summed E-state index contributed by atoms with van der Waals surface area (Å²) < 4.78 is 5.97. The highest BCUT2D eigenvalue weighted by molar-refractivity contribution is 5.48. The van der Waals surface area contributed by atoms with E-state index >= 15 is 0 Å². The van der Waals surface area contributed by atoms with E-state index < -0.39 is 0 Å². The Kier molecular flexibility index (Phi) is 4.23. The second kappa shape index (κ2) is 5.98. The molecule has 3 nitrogen and oxygen atoms in total. The summed E-state index contributed by atoms with van der Waals surface area (Å²) in [5, 5.41) is 12.7. The molecule has 0 spiro atoms. The number of anilines is 1. The molecule has 1 aromatic rings. The number of fused-ring (bicyclic) bond motifs is 1. The first-order valence-electron chi connectivity index (χ1n) is 8.21. The molecule has 1 saturated carbocycles. The summed E-state index contributed by atoms with van der Waals surface area (Å²) in [5.74, 6) is 0.648. The summed E-state index contributed by atoms with van der Waals surface area (Å²) in [4.78, 5) is 0. The largest absolute Gasteiger partial charge is 0.396 e. The van der Waals surface area contributed by atoms with Crippen LogP contribution in [0.15, 0.2) is 24.3 Å². The van der Waals surface area contributed by atoms with E-state index in [1.165, 1.54) is 24.1 Å². The Morgan fingerprint density at radius 2 is 2.24 bits per heavy atom. The average Bonchev–Trinajstić information content (AvgIpc) is 2.51. The number of hydrogen-bond acceptors (Lipinski definition) is 3. The topological polar surface area (TPSA) is 41.5 Å². The van der Waals surface area contributed by atoms with Gasteiger partial charge in [0.25, 0.3) is 0 Å². The van der Waals surface area contributed by atoms with Gasteiger partial charge >= 0.3 is 0 Å². The maximum atomic E-state index is 8.96. The Balaban J connectivity index is 1.68. The van der Waals surface area contributed by atoms with Crippen molar-refractivity contribution in [1.29, 1.82) is 0 Å². The van der Waals surface area contributed by atoms with Crippen molar-refractivity contribution >= 4 is 5.69 Å². The van der Waals surface area contributed by atoms with Crippen molar-refractivity contribution in [2.45, 2.75) is 51.7 Å². The van der Waals surface area contributed by atoms with Gasteiger partial charge in [0, 0.05) is 36.3 Å². The third kappa shape index (κ3) is 2.82. The average molecular weight is 289 g/mol. The highest BCUT2D eigenvalue weighted by atomic mass is 16.5. The Hall–Kier alpha value is -1.06. The quantitative estimate of drug-likeness (QED) is 0.874. The maximum Gasteiger partial charge on any atom is 0.0693 e. The first-order chi connectivity index (χ1) is 10.1. The van der Waals surface area contributed by atoms with E-state index in [1.807, 2.05) is 0 Å². The minimum absolute atomic E-state index is 0.201. The molecular weight excluding hydrogens is 262 g/mol. The zero-order valence-electron chi connectivity index (χ0n) is 13.1. The molecule has 0 aromatic heterocycles. The SMILES string of the molecule is CC1(C)C(Nc2cccc(CCCO)c2)C2CCCOC21. The molecule has 0 amide bonds. The van der Waals surface area contributed by atoms with Crippen LogP contribution in [0.5, 0.6) is 0 Å². The van der Waals surface area contributed by atoms with Crippen LogP contribution in [-0.2, 0) is 11.2 Å². The van der Waals surface area contributed by atoms with E-state index in [1.54, 1.807) is 0 Å². The van der Waals surface area contributed by atoms with Crippen LogP contribution in [0, 0.1) is 11.3 Å². The first-order valence-corrected chi connectivity index (χ1v) is 8.21. The Bertz CT molecular complexity index is 486. The van der Waals surface area contributed by atoms with Gasteiger partial charge in [-0.15, -0.1) is 0 Å². The fourth-order valence-corrected chi connectivity index (χ4v) is 4.09. The molecule has 0 bridgehead atoms. The molecular formula is C18H27NO2. The summed E-state index contributed by atoms with van der Waals surface area (Å²) in [6.45, 7) is 5.81. The van der Waals surface area contributed by atoms with Crippen molar-refractivity contribution in [2.75, 3.05) is 18.5 Å². The molecule has 1 saturated heterocycles. The molecule has 2 aliphatic rings. The van der Waals surface area contributed by atoms with E-state index in [-0.39, 0.29) is 12.0 Å². The van der Waals surface area contributed by atoms with Gasteiger partial charge in [0.05, 0.1) is 6.10 Å². The summed E-state index contributed by atoms with van der Waals surface area (Å²) >= 11 is 0. The summed E-state index contributed by atoms with van der Waals surface area (Å²) in [7, 11) is 0. The second-order valence-corrected chi connectivity index (χ2v) is 7.07. The number of aliphatic hydroxyl groups excluding tert-OH is 1. The minimum atomic E-state index is 0.201. The molecule has 1 heterocycles. The number of benzene rings is 1. The highest BCUT2D eigenvalue weighted by Gasteiger charge is 2.57. The smallest absolute Gasteiger partial charge is 0.0693 e. The Labute approximate surface area is 127 Å². The predicted molar refractivity (Wildman–Crippen MR) is 85.5 cm³/mol. The van der Waals surface area contributed by atoms with Gasteiger partial charge in [-0.05, 0) is 43.4 Å². The molecule has 116 valence electrons. The molecule has 1 aliphatic heterocycles. The van der Waals surface area contributed by atoms with Crippen LogP contribution < -0.4 is 5.32 Å². The van der Waals surface area contributed by atoms with Crippen molar-refractivity contribution in [1.82, 2.24) is 0 Å². The van der Waals surface area contributed by atoms with Crippen LogP contribution in [0.1, 0.15) is 38.7 Å². The standard InChI is InChI=1S/C18H27NO2/c1-18(2)16(15-9-5-11-21-17(15)18)19-14-8-3-6-13(12-14)7-4-10-20/h3,6,8,12,15-17,19-20H,4-5,7,9-11H2,1-2H3. The molecule has 3 unspecified atom stereocenters. The second-order valence-electron chi connectivity index (χ2n) is 7.07. The van der Waals surface area contributed by atoms with E-state index in [0.717, 1.165) is 19.4 Å². The van der Waals surface area contributed by atoms with Gasteiger partial charge in [0.2, 0.25) is 0 Å². The minimum Gasteiger partial charge on any atom is -0.396 e. The Morgan fingerprint density at radius 3 is 3.05 bits per heavy atom. The lowest BCUT2D eigenvalue weighted by atomic mass is 9.55. The van der Waals surface area contributed by atoms with E-state index in [4.69, 9.17) is 9.84 Å². The van der Waals surface area contributed by atoms with Gasteiger partial charge in [-0.3, -0.25) is 0 Å². The van der Waals surface area contributed by atoms with Crippen LogP contribution in [0.2, 0.25) is 0 Å². The van der Waals surface area contributed by atoms with Crippen LogP contribution >= 0.6 is 0 Å². The van der Waals surface area contributed by atoms with Crippen LogP contribution in [0.4, 0.5) is 5.69 Å². The Morgan fingerprint density at radius 1 is 1.38 bits per heavy atom. The van der Waals surface area contributed by atoms with Crippen molar-refractivity contribution in [2.24, 2.45) is 11.3 Å². The lowest BCUT2D eigenvalue weighted by Crippen LogP contribution is -2.67. The molecule has 0 radical (unpaired) electrons. The lowest BCUT2D eigenvalue weighted by Gasteiger charge is -2.60. The van der Waals surface area contributed by atoms with Crippen molar-refractivity contribution < 1.29 is 9.84 Å². The number of rotatable bonds is 5. The first kappa shape index (κ1) is 14.9. The summed E-state index contributed by atoms with van der Waals surface area (Å²) in [6.07, 6.45) is 4.65. The number of aryl methyl sites for hydroxylation is 1. The molecule has 2 fully saturated rings. The number of aliphatic hydroxyl groups is 1. The normalized spacial score (nSPS) is 30.3. The fourth-order valence-electron chi connectivity index (χ4n) is 4.09. The van der Waals surface area contributed by atoms with Gasteiger partial charge in [-0.1, -0.05) is 26.0 Å². The number of ether oxygens (including phenoxy) is 1. The van der Waals surface area contributed by atoms with E-state index in [0.29, 0.717) is 18.1 Å². The zero-order valence-corrected chi connectivity index (χ0v) is 13.1. The lowest BCUT2D eigenvalue weighted by molar-refractivity contribution is -0.177. The molecule has 2 N–H and O–H groups in total. The van der Waals surface area contributed by atoms with Crippen molar-refractivity contribution in [3.05, 3.63) is 29.8 Å². The maximum absolute atomic E-state index is 8.96. The predicted octanol–water partition coefficient (Wildman–Crippen LogP) is 3.23. The van der Waals surface area contributed by atoms with Crippen molar-refractivity contribution in [3.8, 4) is 0 Å². The molecule has 3 atom stereocenters. The molecule has 1 aliphatic carbocycles. The third-order valence-electron chi connectivity index (χ3n) is 5.20. The molecule has 21 heavy (non-hydrogen) atoms. The van der Waals surface area contributed by atoms with Gasteiger partial charge in [0.1, 0.15) is 0 Å². The van der Waals surface area contributed by atoms with Gasteiger partial charge in [-0.25, -0.2) is 0 Å². The van der Waals surface area contributed by atoms with Crippen LogP contribution in [0.3, 0.4) is 0 Å². The molecule has 3 heteroatoms. The molecule has 3 rings (SSSR count). The third-order valence-corrected chi connectivity index (χ3v) is 5.20.